The van der Waals surface area contributed by atoms with Crippen LogP contribution >= 0.6 is 0 Å². The van der Waals surface area contributed by atoms with Crippen molar-refractivity contribution in [3.8, 4) is 17.2 Å². The number of carbonyl (C=O) groups is 2. The second-order valence-corrected chi connectivity index (χ2v) is 4.92. The lowest BCUT2D eigenvalue weighted by molar-refractivity contribution is 0.0474. The number of halogens is 1. The summed E-state index contributed by atoms with van der Waals surface area (Å²) >= 11 is 0. The number of Topliss-reactive ketones (excluding diaryl/α,β-unsaturated/α-hetero) is 1. The van der Waals surface area contributed by atoms with Gasteiger partial charge in [0.1, 0.15) is 0 Å². The SMILES string of the molecule is COc1ccc(C(=O)OCC(=O)c2ccc(OC)c(OC)c2)cc1F. The van der Waals surface area contributed by atoms with E-state index in [0.29, 0.717) is 17.1 Å². The van der Waals surface area contributed by atoms with E-state index in [9.17, 15) is 14.0 Å². The number of hydrogen-bond donors (Lipinski definition) is 0. The Labute approximate surface area is 144 Å². The van der Waals surface area contributed by atoms with Gasteiger partial charge in [-0.05, 0) is 36.4 Å². The summed E-state index contributed by atoms with van der Waals surface area (Å²) in [6.07, 6.45) is 0. The zero-order valence-corrected chi connectivity index (χ0v) is 14.0. The molecule has 0 unspecified atom stereocenters. The van der Waals surface area contributed by atoms with Crippen LogP contribution in [0.3, 0.4) is 0 Å². The molecule has 2 rings (SSSR count). The molecule has 6 nitrogen and oxygen atoms in total. The van der Waals surface area contributed by atoms with E-state index >= 15 is 0 Å². The lowest BCUT2D eigenvalue weighted by Gasteiger charge is -2.09. The van der Waals surface area contributed by atoms with Gasteiger partial charge in [0.15, 0.2) is 35.5 Å². The topological polar surface area (TPSA) is 71.1 Å². The number of esters is 1. The smallest absolute Gasteiger partial charge is 0.338 e. The van der Waals surface area contributed by atoms with Gasteiger partial charge in [0, 0.05) is 5.56 Å². The van der Waals surface area contributed by atoms with Crippen molar-refractivity contribution in [2.45, 2.75) is 0 Å². The van der Waals surface area contributed by atoms with Crippen molar-refractivity contribution in [1.82, 2.24) is 0 Å². The summed E-state index contributed by atoms with van der Waals surface area (Å²) in [4.78, 5) is 24.1. The van der Waals surface area contributed by atoms with Crippen LogP contribution in [0.25, 0.3) is 0 Å². The summed E-state index contributed by atoms with van der Waals surface area (Å²) in [7, 11) is 4.25. The van der Waals surface area contributed by atoms with Crippen LogP contribution in [-0.2, 0) is 4.74 Å². The van der Waals surface area contributed by atoms with Crippen LogP contribution in [0.15, 0.2) is 36.4 Å². The van der Waals surface area contributed by atoms with Crippen molar-refractivity contribution < 1.29 is 32.9 Å². The van der Waals surface area contributed by atoms with Crippen LogP contribution in [0.1, 0.15) is 20.7 Å². The largest absolute Gasteiger partial charge is 0.494 e. The maximum atomic E-state index is 13.6. The molecule has 132 valence electrons. The lowest BCUT2D eigenvalue weighted by Crippen LogP contribution is -2.14. The number of ether oxygens (including phenoxy) is 4. The summed E-state index contributed by atoms with van der Waals surface area (Å²) in [6.45, 7) is -0.484. The monoisotopic (exact) mass is 348 g/mol. The third-order valence-corrected chi connectivity index (χ3v) is 3.43. The molecular formula is C18H17FO6. The molecule has 0 atom stereocenters. The molecule has 0 radical (unpaired) electrons. The maximum absolute atomic E-state index is 13.6. The summed E-state index contributed by atoms with van der Waals surface area (Å²) < 4.78 is 33.5. The molecule has 0 heterocycles. The van der Waals surface area contributed by atoms with Crippen molar-refractivity contribution in [2.24, 2.45) is 0 Å². The molecule has 0 aliphatic heterocycles. The third-order valence-electron chi connectivity index (χ3n) is 3.43. The van der Waals surface area contributed by atoms with Crippen LogP contribution in [0.5, 0.6) is 17.2 Å². The Hall–Kier alpha value is -3.09. The Morgan fingerprint density at radius 3 is 2.04 bits per heavy atom. The Balaban J connectivity index is 2.04. The Bertz CT molecular complexity index is 787. The van der Waals surface area contributed by atoms with Gasteiger partial charge in [-0.1, -0.05) is 0 Å². The van der Waals surface area contributed by atoms with E-state index in [-0.39, 0.29) is 11.3 Å². The first-order chi connectivity index (χ1) is 12.0. The highest BCUT2D eigenvalue weighted by molar-refractivity contribution is 5.99. The van der Waals surface area contributed by atoms with Gasteiger partial charge in [0.25, 0.3) is 0 Å². The number of hydrogen-bond acceptors (Lipinski definition) is 6. The molecule has 0 saturated heterocycles. The highest BCUT2D eigenvalue weighted by Crippen LogP contribution is 2.27. The second-order valence-electron chi connectivity index (χ2n) is 4.92. The fourth-order valence-electron chi connectivity index (χ4n) is 2.10. The molecule has 0 aliphatic carbocycles. The van der Waals surface area contributed by atoms with E-state index in [2.05, 4.69) is 0 Å². The highest BCUT2D eigenvalue weighted by atomic mass is 19.1. The maximum Gasteiger partial charge on any atom is 0.338 e. The molecule has 0 saturated carbocycles. The van der Waals surface area contributed by atoms with Crippen molar-refractivity contribution in [1.29, 1.82) is 0 Å². The molecular weight excluding hydrogens is 331 g/mol. The van der Waals surface area contributed by atoms with Gasteiger partial charge in [0.05, 0.1) is 26.9 Å². The van der Waals surface area contributed by atoms with Crippen LogP contribution in [0.2, 0.25) is 0 Å². The zero-order chi connectivity index (χ0) is 18.4. The minimum Gasteiger partial charge on any atom is -0.494 e. The van der Waals surface area contributed by atoms with E-state index in [1.54, 1.807) is 6.07 Å². The molecule has 2 aromatic rings. The molecule has 0 amide bonds. The van der Waals surface area contributed by atoms with Crippen LogP contribution in [-0.4, -0.2) is 39.7 Å². The van der Waals surface area contributed by atoms with E-state index in [4.69, 9.17) is 18.9 Å². The molecule has 0 spiro atoms. The summed E-state index contributed by atoms with van der Waals surface area (Å²) in [5.74, 6) is -1.05. The highest BCUT2D eigenvalue weighted by Gasteiger charge is 2.15. The van der Waals surface area contributed by atoms with Crippen molar-refractivity contribution >= 4 is 11.8 Å². The predicted molar refractivity (Wildman–Crippen MR) is 87.1 cm³/mol. The number of benzene rings is 2. The van der Waals surface area contributed by atoms with Crippen LogP contribution < -0.4 is 14.2 Å². The molecule has 2 aromatic carbocycles. The fourth-order valence-corrected chi connectivity index (χ4v) is 2.10. The van der Waals surface area contributed by atoms with E-state index in [0.717, 1.165) is 6.07 Å². The first-order valence-electron chi connectivity index (χ1n) is 7.26. The molecule has 0 aliphatic rings. The second kappa shape index (κ2) is 8.14. The minimum absolute atomic E-state index is 0.0120. The first-order valence-corrected chi connectivity index (χ1v) is 7.26. The van der Waals surface area contributed by atoms with Gasteiger partial charge in [0.2, 0.25) is 0 Å². The molecule has 25 heavy (non-hydrogen) atoms. The standard InChI is InChI=1S/C18H17FO6/c1-22-15-6-5-12(8-13(15)19)18(21)25-10-14(20)11-4-7-16(23-2)17(9-11)24-3/h4-9H,10H2,1-3H3. The van der Waals surface area contributed by atoms with E-state index < -0.39 is 24.2 Å². The Morgan fingerprint density at radius 1 is 0.840 bits per heavy atom. The molecule has 0 bridgehead atoms. The molecule has 7 heteroatoms. The normalized spacial score (nSPS) is 10.1. The van der Waals surface area contributed by atoms with Gasteiger partial charge < -0.3 is 18.9 Å². The van der Waals surface area contributed by atoms with Crippen molar-refractivity contribution in [2.75, 3.05) is 27.9 Å². The number of ketones is 1. The predicted octanol–water partition coefficient (Wildman–Crippen LogP) is 2.89. The number of methoxy groups -OCH3 is 3. The summed E-state index contributed by atoms with van der Waals surface area (Å²) in [6, 6.07) is 8.24. The van der Waals surface area contributed by atoms with Gasteiger partial charge in [-0.2, -0.15) is 0 Å². The Kier molecular flexibility index (Phi) is 5.94. The van der Waals surface area contributed by atoms with Gasteiger partial charge in [-0.25, -0.2) is 9.18 Å². The fraction of sp³-hybridized carbons (Fsp3) is 0.222. The van der Waals surface area contributed by atoms with Gasteiger partial charge in [-0.15, -0.1) is 0 Å². The van der Waals surface area contributed by atoms with Crippen molar-refractivity contribution in [3.63, 3.8) is 0 Å². The number of carbonyl (C=O) groups excluding carboxylic acids is 2. The summed E-state index contributed by atoms with van der Waals surface area (Å²) in [5, 5.41) is 0. The molecule has 0 N–H and O–H groups in total. The van der Waals surface area contributed by atoms with Crippen LogP contribution in [0, 0.1) is 5.82 Å². The quantitative estimate of drug-likeness (QED) is 0.566. The minimum atomic E-state index is -0.810. The zero-order valence-electron chi connectivity index (χ0n) is 14.0. The Morgan fingerprint density at radius 2 is 1.44 bits per heavy atom. The average Bonchev–Trinajstić information content (AvgIpc) is 2.64. The van der Waals surface area contributed by atoms with E-state index in [1.807, 2.05) is 0 Å². The van der Waals surface area contributed by atoms with Gasteiger partial charge >= 0.3 is 5.97 Å². The molecule has 0 fully saturated rings. The van der Waals surface area contributed by atoms with Gasteiger partial charge in [-0.3, -0.25) is 4.79 Å². The van der Waals surface area contributed by atoms with E-state index in [1.165, 1.54) is 45.6 Å². The first kappa shape index (κ1) is 18.3. The van der Waals surface area contributed by atoms with Crippen LogP contribution in [0.4, 0.5) is 4.39 Å². The average molecular weight is 348 g/mol. The third kappa shape index (κ3) is 4.26. The number of rotatable bonds is 7. The lowest BCUT2D eigenvalue weighted by atomic mass is 10.1. The molecule has 0 aromatic heterocycles. The van der Waals surface area contributed by atoms with Crippen molar-refractivity contribution in [3.05, 3.63) is 53.3 Å². The summed E-state index contributed by atoms with van der Waals surface area (Å²) in [5.41, 5.74) is 0.282.